The molecule has 1 aromatic heterocycles. The van der Waals surface area contributed by atoms with Gasteiger partial charge in [-0.25, -0.2) is 9.97 Å². The fourth-order valence-corrected chi connectivity index (χ4v) is 2.11. The molecule has 6 heteroatoms. The number of hydrogen-bond acceptors (Lipinski definition) is 5. The Labute approximate surface area is 123 Å². The summed E-state index contributed by atoms with van der Waals surface area (Å²) >= 11 is 0. The molecule has 0 bridgehead atoms. The SMILES string of the molecule is CCCNc1ncc([N+](=O)[O-])c(-c2ccc(C)cc2C)n1. The van der Waals surface area contributed by atoms with Crippen LogP contribution in [0.2, 0.25) is 0 Å². The van der Waals surface area contributed by atoms with Gasteiger partial charge in [0.2, 0.25) is 5.95 Å². The fourth-order valence-electron chi connectivity index (χ4n) is 2.11. The second-order valence-electron chi connectivity index (χ2n) is 4.93. The van der Waals surface area contributed by atoms with Crippen molar-refractivity contribution in [3.8, 4) is 11.3 Å². The van der Waals surface area contributed by atoms with Gasteiger partial charge in [0, 0.05) is 12.1 Å². The lowest BCUT2D eigenvalue weighted by atomic mass is 10.0. The van der Waals surface area contributed by atoms with Crippen molar-refractivity contribution in [1.29, 1.82) is 0 Å². The van der Waals surface area contributed by atoms with Gasteiger partial charge < -0.3 is 5.32 Å². The summed E-state index contributed by atoms with van der Waals surface area (Å²) < 4.78 is 0. The minimum absolute atomic E-state index is 0.0796. The van der Waals surface area contributed by atoms with Crippen LogP contribution >= 0.6 is 0 Å². The molecule has 0 saturated carbocycles. The highest BCUT2D eigenvalue weighted by Crippen LogP contribution is 2.30. The maximum atomic E-state index is 11.2. The van der Waals surface area contributed by atoms with Gasteiger partial charge in [-0.1, -0.05) is 30.7 Å². The molecule has 0 atom stereocenters. The van der Waals surface area contributed by atoms with Gasteiger partial charge in [0.1, 0.15) is 6.20 Å². The third-order valence-electron chi connectivity index (χ3n) is 3.14. The lowest BCUT2D eigenvalue weighted by Crippen LogP contribution is -2.06. The summed E-state index contributed by atoms with van der Waals surface area (Å²) in [7, 11) is 0. The maximum Gasteiger partial charge on any atom is 0.313 e. The molecule has 2 rings (SSSR count). The number of hydrogen-bond donors (Lipinski definition) is 1. The first-order valence-electron chi connectivity index (χ1n) is 6.86. The van der Waals surface area contributed by atoms with Gasteiger partial charge in [-0.2, -0.15) is 0 Å². The lowest BCUT2D eigenvalue weighted by Gasteiger charge is -2.09. The van der Waals surface area contributed by atoms with E-state index < -0.39 is 4.92 Å². The number of aromatic nitrogens is 2. The van der Waals surface area contributed by atoms with E-state index in [2.05, 4.69) is 15.3 Å². The third-order valence-corrected chi connectivity index (χ3v) is 3.14. The number of nitro groups is 1. The molecule has 2 aromatic rings. The Morgan fingerprint density at radius 3 is 2.71 bits per heavy atom. The second-order valence-corrected chi connectivity index (χ2v) is 4.93. The molecule has 0 aliphatic heterocycles. The lowest BCUT2D eigenvalue weighted by molar-refractivity contribution is -0.384. The van der Waals surface area contributed by atoms with Crippen molar-refractivity contribution in [2.75, 3.05) is 11.9 Å². The van der Waals surface area contributed by atoms with Crippen LogP contribution in [0.25, 0.3) is 11.3 Å². The summed E-state index contributed by atoms with van der Waals surface area (Å²) in [4.78, 5) is 19.1. The Bertz CT molecular complexity index is 671. The zero-order valence-corrected chi connectivity index (χ0v) is 12.4. The molecular weight excluding hydrogens is 268 g/mol. The Morgan fingerprint density at radius 2 is 2.10 bits per heavy atom. The fraction of sp³-hybridized carbons (Fsp3) is 0.333. The molecule has 110 valence electrons. The molecule has 1 aromatic carbocycles. The van der Waals surface area contributed by atoms with Crippen molar-refractivity contribution in [3.63, 3.8) is 0 Å². The van der Waals surface area contributed by atoms with Gasteiger partial charge in [-0.3, -0.25) is 10.1 Å². The summed E-state index contributed by atoms with van der Waals surface area (Å²) in [6.45, 7) is 6.67. The van der Waals surface area contributed by atoms with Gasteiger partial charge in [-0.05, 0) is 25.8 Å². The molecule has 0 aliphatic carbocycles. The molecule has 6 nitrogen and oxygen atoms in total. The first-order chi connectivity index (χ1) is 10.0. The smallest absolute Gasteiger partial charge is 0.313 e. The minimum Gasteiger partial charge on any atom is -0.354 e. The first-order valence-corrected chi connectivity index (χ1v) is 6.86. The van der Waals surface area contributed by atoms with E-state index in [0.29, 0.717) is 11.6 Å². The molecule has 21 heavy (non-hydrogen) atoms. The van der Waals surface area contributed by atoms with Crippen LogP contribution in [0.15, 0.2) is 24.4 Å². The Hall–Kier alpha value is -2.50. The van der Waals surface area contributed by atoms with Gasteiger partial charge in [0.15, 0.2) is 5.69 Å². The predicted octanol–water partition coefficient (Wildman–Crippen LogP) is 3.49. The van der Waals surface area contributed by atoms with Crippen LogP contribution < -0.4 is 5.32 Å². The Morgan fingerprint density at radius 1 is 1.33 bits per heavy atom. The van der Waals surface area contributed by atoms with Crippen LogP contribution in [-0.2, 0) is 0 Å². The molecule has 0 fully saturated rings. The van der Waals surface area contributed by atoms with Gasteiger partial charge in [0.05, 0.1) is 4.92 Å². The normalized spacial score (nSPS) is 10.4. The van der Waals surface area contributed by atoms with Crippen LogP contribution in [0, 0.1) is 24.0 Å². The van der Waals surface area contributed by atoms with Crippen LogP contribution in [0.5, 0.6) is 0 Å². The minimum atomic E-state index is -0.446. The quantitative estimate of drug-likeness (QED) is 0.672. The molecule has 0 amide bonds. The van der Waals surface area contributed by atoms with Crippen LogP contribution in [0.3, 0.4) is 0 Å². The highest BCUT2D eigenvalue weighted by molar-refractivity contribution is 5.73. The van der Waals surface area contributed by atoms with Crippen molar-refractivity contribution >= 4 is 11.6 Å². The van der Waals surface area contributed by atoms with Crippen molar-refractivity contribution in [3.05, 3.63) is 45.6 Å². The first kappa shape index (κ1) is 14.9. The van der Waals surface area contributed by atoms with E-state index in [1.807, 2.05) is 39.0 Å². The maximum absolute atomic E-state index is 11.2. The van der Waals surface area contributed by atoms with Gasteiger partial charge in [-0.15, -0.1) is 0 Å². The van der Waals surface area contributed by atoms with Crippen molar-refractivity contribution in [2.24, 2.45) is 0 Å². The topological polar surface area (TPSA) is 81.0 Å². The number of rotatable bonds is 5. The van der Waals surface area contributed by atoms with Gasteiger partial charge in [0.25, 0.3) is 0 Å². The molecule has 0 spiro atoms. The zero-order chi connectivity index (χ0) is 15.4. The third kappa shape index (κ3) is 3.34. The average Bonchev–Trinajstić information content (AvgIpc) is 2.44. The van der Waals surface area contributed by atoms with Crippen molar-refractivity contribution < 1.29 is 4.92 Å². The molecule has 1 N–H and O–H groups in total. The summed E-state index contributed by atoms with van der Waals surface area (Å²) in [5.41, 5.74) is 3.10. The summed E-state index contributed by atoms with van der Waals surface area (Å²) in [6.07, 6.45) is 2.19. The molecule has 0 saturated heterocycles. The van der Waals surface area contributed by atoms with Crippen LogP contribution in [0.1, 0.15) is 24.5 Å². The largest absolute Gasteiger partial charge is 0.354 e. The van der Waals surface area contributed by atoms with Crippen LogP contribution in [0.4, 0.5) is 11.6 Å². The average molecular weight is 286 g/mol. The Kier molecular flexibility index (Phi) is 4.47. The van der Waals surface area contributed by atoms with E-state index in [1.54, 1.807) is 0 Å². The van der Waals surface area contributed by atoms with E-state index in [4.69, 9.17) is 0 Å². The van der Waals surface area contributed by atoms with Crippen molar-refractivity contribution in [2.45, 2.75) is 27.2 Å². The summed E-state index contributed by atoms with van der Waals surface area (Å²) in [6, 6.07) is 5.78. The van der Waals surface area contributed by atoms with Gasteiger partial charge >= 0.3 is 5.69 Å². The van der Waals surface area contributed by atoms with E-state index in [-0.39, 0.29) is 5.69 Å². The summed E-state index contributed by atoms with van der Waals surface area (Å²) in [5.74, 6) is 0.414. The number of benzene rings is 1. The standard InChI is InChI=1S/C15H18N4O2/c1-4-7-16-15-17-9-13(19(20)21)14(18-15)12-6-5-10(2)8-11(12)3/h5-6,8-9H,4,7H2,1-3H3,(H,16,17,18). The number of aryl methyl sites for hydroxylation is 2. The highest BCUT2D eigenvalue weighted by Gasteiger charge is 2.20. The monoisotopic (exact) mass is 286 g/mol. The number of nitrogens with one attached hydrogen (secondary N) is 1. The second kappa shape index (κ2) is 6.30. The highest BCUT2D eigenvalue weighted by atomic mass is 16.6. The molecule has 1 heterocycles. The molecule has 0 radical (unpaired) electrons. The van der Waals surface area contributed by atoms with E-state index in [0.717, 1.165) is 29.7 Å². The molecule has 0 aliphatic rings. The summed E-state index contributed by atoms with van der Waals surface area (Å²) in [5, 5.41) is 14.3. The number of anilines is 1. The van der Waals surface area contributed by atoms with E-state index in [9.17, 15) is 10.1 Å². The molecular formula is C15H18N4O2. The Balaban J connectivity index is 2.54. The predicted molar refractivity (Wildman–Crippen MR) is 82.4 cm³/mol. The van der Waals surface area contributed by atoms with Crippen molar-refractivity contribution in [1.82, 2.24) is 9.97 Å². The zero-order valence-electron chi connectivity index (χ0n) is 12.4. The van der Waals surface area contributed by atoms with E-state index in [1.165, 1.54) is 6.20 Å². The molecule has 0 unspecified atom stereocenters. The number of nitrogens with zero attached hydrogens (tertiary/aromatic N) is 3. The van der Waals surface area contributed by atoms with E-state index >= 15 is 0 Å². The van der Waals surface area contributed by atoms with Crippen LogP contribution in [-0.4, -0.2) is 21.4 Å².